The van der Waals surface area contributed by atoms with E-state index in [1.165, 1.54) is 7.11 Å². The monoisotopic (exact) mass is 491 g/mol. The molecule has 3 unspecified atom stereocenters. The lowest BCUT2D eigenvalue weighted by atomic mass is 10.0. The number of carbonyl (C=O) groups excluding carboxylic acids is 1. The van der Waals surface area contributed by atoms with Crippen molar-refractivity contribution in [2.75, 3.05) is 30.5 Å². The molecule has 35 heavy (non-hydrogen) atoms. The molecule has 182 valence electrons. The zero-order valence-corrected chi connectivity index (χ0v) is 20.4. The topological polar surface area (TPSA) is 80.7 Å². The van der Waals surface area contributed by atoms with Gasteiger partial charge in [0, 0.05) is 49.7 Å². The molecule has 0 aliphatic carbocycles. The van der Waals surface area contributed by atoms with Crippen molar-refractivity contribution in [2.45, 2.75) is 37.6 Å². The Morgan fingerprint density at radius 1 is 1.23 bits per heavy atom. The molecule has 9 heteroatoms. The number of anilines is 2. The molecule has 3 aromatic rings. The number of rotatable bonds is 8. The van der Waals surface area contributed by atoms with E-state index in [0.29, 0.717) is 10.8 Å². The number of ether oxygens (including phenoxy) is 2. The number of methoxy groups -OCH3 is 1. The first-order valence-corrected chi connectivity index (χ1v) is 12.2. The number of nitrogens with one attached hydrogen (secondary N) is 2. The van der Waals surface area contributed by atoms with Gasteiger partial charge in [-0.15, -0.1) is 0 Å². The average molecular weight is 492 g/mol. The van der Waals surface area contributed by atoms with Crippen molar-refractivity contribution < 1.29 is 14.3 Å². The molecule has 0 saturated carbocycles. The van der Waals surface area contributed by atoms with Crippen LogP contribution in [0.15, 0.2) is 67.0 Å². The highest BCUT2D eigenvalue weighted by molar-refractivity contribution is 7.80. The molecule has 0 radical (unpaired) electrons. The van der Waals surface area contributed by atoms with Gasteiger partial charge >= 0.3 is 0 Å². The van der Waals surface area contributed by atoms with Crippen LogP contribution in [0.3, 0.4) is 0 Å². The van der Waals surface area contributed by atoms with Gasteiger partial charge in [-0.1, -0.05) is 6.07 Å². The Labute approximate surface area is 210 Å². The average Bonchev–Trinajstić information content (AvgIpc) is 3.61. The third kappa shape index (κ3) is 5.07. The summed E-state index contributed by atoms with van der Waals surface area (Å²) in [5.41, 5.74) is 3.70. The number of pyridine rings is 1. The van der Waals surface area contributed by atoms with E-state index in [2.05, 4.69) is 43.4 Å². The van der Waals surface area contributed by atoms with Gasteiger partial charge < -0.3 is 29.6 Å². The van der Waals surface area contributed by atoms with E-state index in [9.17, 15) is 4.79 Å². The van der Waals surface area contributed by atoms with Crippen molar-refractivity contribution in [3.63, 3.8) is 0 Å². The lowest BCUT2D eigenvalue weighted by Crippen LogP contribution is -2.31. The fourth-order valence-electron chi connectivity index (χ4n) is 4.84. The minimum Gasteiger partial charge on any atom is -0.376 e. The van der Waals surface area contributed by atoms with Gasteiger partial charge in [-0.25, -0.2) is 0 Å². The van der Waals surface area contributed by atoms with E-state index in [1.54, 1.807) is 0 Å². The molecule has 2 aliphatic heterocycles. The second-order valence-corrected chi connectivity index (χ2v) is 9.13. The molecular formula is C26H29N5O3S. The first kappa shape index (κ1) is 23.5. The maximum atomic E-state index is 11.9. The number of carbonyl (C=O) groups is 1. The second kappa shape index (κ2) is 10.6. The largest absolute Gasteiger partial charge is 0.376 e. The van der Waals surface area contributed by atoms with E-state index in [-0.39, 0.29) is 30.7 Å². The molecule has 4 heterocycles. The van der Waals surface area contributed by atoms with Gasteiger partial charge in [-0.05, 0) is 73.6 Å². The van der Waals surface area contributed by atoms with E-state index in [4.69, 9.17) is 21.7 Å². The summed E-state index contributed by atoms with van der Waals surface area (Å²) in [5.74, 6) is -0.196. The van der Waals surface area contributed by atoms with Crippen LogP contribution in [-0.4, -0.2) is 47.0 Å². The maximum absolute atomic E-state index is 11.9. The van der Waals surface area contributed by atoms with Crippen LogP contribution < -0.4 is 15.5 Å². The highest BCUT2D eigenvalue weighted by Crippen LogP contribution is 2.42. The fraction of sp³-hybridized carbons (Fsp3) is 0.346. The van der Waals surface area contributed by atoms with Crippen LogP contribution in [0.4, 0.5) is 11.4 Å². The molecule has 3 atom stereocenters. The molecule has 2 N–H and O–H groups in total. The van der Waals surface area contributed by atoms with E-state index in [0.717, 1.165) is 43.1 Å². The molecule has 8 nitrogen and oxygen atoms in total. The minimum absolute atomic E-state index is 0.0113. The van der Waals surface area contributed by atoms with Gasteiger partial charge in [0.1, 0.15) is 12.6 Å². The highest BCUT2D eigenvalue weighted by atomic mass is 32.1. The van der Waals surface area contributed by atoms with Crippen LogP contribution >= 0.6 is 12.2 Å². The smallest absolute Gasteiger partial charge is 0.250 e. The van der Waals surface area contributed by atoms with Crippen molar-refractivity contribution >= 4 is 34.6 Å². The molecular weight excluding hydrogens is 462 g/mol. The van der Waals surface area contributed by atoms with Gasteiger partial charge in [-0.3, -0.25) is 9.78 Å². The fourth-order valence-corrected chi connectivity index (χ4v) is 5.18. The number of aromatic nitrogens is 2. The Hall–Kier alpha value is -3.27. The molecule has 2 aromatic heterocycles. The predicted octanol–water partition coefficient (Wildman–Crippen LogP) is 3.82. The summed E-state index contributed by atoms with van der Waals surface area (Å²) in [5, 5.41) is 6.97. The Morgan fingerprint density at radius 3 is 2.80 bits per heavy atom. The molecule has 1 aromatic carbocycles. The van der Waals surface area contributed by atoms with Crippen LogP contribution in [0.25, 0.3) is 0 Å². The maximum Gasteiger partial charge on any atom is 0.250 e. The van der Waals surface area contributed by atoms with Crippen molar-refractivity contribution in [3.8, 4) is 0 Å². The van der Waals surface area contributed by atoms with Crippen LogP contribution in [-0.2, 0) is 20.8 Å². The SMILES string of the molecule is COCC(=O)Nc1ccc(N2C(=S)NC(c3ccccn3)C2c2cccn2CC2CCCO2)cc1. The molecule has 5 rings (SSSR count). The predicted molar refractivity (Wildman–Crippen MR) is 138 cm³/mol. The summed E-state index contributed by atoms with van der Waals surface area (Å²) in [6.07, 6.45) is 6.32. The summed E-state index contributed by atoms with van der Waals surface area (Å²) < 4.78 is 13.1. The summed E-state index contributed by atoms with van der Waals surface area (Å²) in [4.78, 5) is 18.7. The van der Waals surface area contributed by atoms with E-state index < -0.39 is 0 Å². The Balaban J connectivity index is 1.48. The zero-order valence-electron chi connectivity index (χ0n) is 19.6. The van der Waals surface area contributed by atoms with Crippen LogP contribution in [0.5, 0.6) is 0 Å². The number of thiocarbonyl (C=S) groups is 1. The van der Waals surface area contributed by atoms with Crippen LogP contribution in [0.2, 0.25) is 0 Å². The van der Waals surface area contributed by atoms with Gasteiger partial charge in [0.05, 0.1) is 17.8 Å². The van der Waals surface area contributed by atoms with Gasteiger partial charge in [0.15, 0.2) is 5.11 Å². The van der Waals surface area contributed by atoms with Crippen molar-refractivity contribution in [2.24, 2.45) is 0 Å². The summed E-state index contributed by atoms with van der Waals surface area (Å²) >= 11 is 5.84. The molecule has 0 bridgehead atoms. The van der Waals surface area contributed by atoms with Crippen molar-refractivity contribution in [1.29, 1.82) is 0 Å². The molecule has 1 amide bonds. The van der Waals surface area contributed by atoms with Crippen LogP contribution in [0, 0.1) is 0 Å². The first-order chi connectivity index (χ1) is 17.1. The molecule has 2 aliphatic rings. The zero-order chi connectivity index (χ0) is 24.2. The number of hydrogen-bond acceptors (Lipinski definition) is 5. The van der Waals surface area contributed by atoms with E-state index >= 15 is 0 Å². The van der Waals surface area contributed by atoms with E-state index in [1.807, 2.05) is 48.7 Å². The second-order valence-electron chi connectivity index (χ2n) is 8.75. The number of nitrogens with zero attached hydrogens (tertiary/aromatic N) is 3. The van der Waals surface area contributed by atoms with Crippen molar-refractivity contribution in [1.82, 2.24) is 14.9 Å². The molecule has 0 spiro atoms. The third-order valence-corrected chi connectivity index (χ3v) is 6.71. The Morgan fingerprint density at radius 2 is 2.09 bits per heavy atom. The van der Waals surface area contributed by atoms with Gasteiger partial charge in [0.25, 0.3) is 0 Å². The van der Waals surface area contributed by atoms with Gasteiger partial charge in [-0.2, -0.15) is 0 Å². The number of hydrogen-bond donors (Lipinski definition) is 2. The van der Waals surface area contributed by atoms with Gasteiger partial charge in [0.2, 0.25) is 5.91 Å². The molecule has 2 saturated heterocycles. The quantitative estimate of drug-likeness (QED) is 0.464. The Bertz CT molecular complexity index is 1160. The number of amides is 1. The number of benzene rings is 1. The normalized spacial score (nSPS) is 21.8. The molecule has 2 fully saturated rings. The standard InChI is InChI=1S/C26H29N5O3S/c1-33-17-23(32)28-18-9-11-19(12-10-18)31-25(24(29-26(31)35)21-7-2-3-13-27-21)22-8-4-14-30(22)16-20-6-5-15-34-20/h2-4,7-14,20,24-25H,5-6,15-17H2,1H3,(H,28,32)(H,29,35). The van der Waals surface area contributed by atoms with Crippen LogP contribution in [0.1, 0.15) is 36.3 Å². The minimum atomic E-state index is -0.196. The highest BCUT2D eigenvalue weighted by Gasteiger charge is 2.42. The lowest BCUT2D eigenvalue weighted by Gasteiger charge is -2.29. The summed E-state index contributed by atoms with van der Waals surface area (Å²) in [7, 11) is 1.50. The Kier molecular flexibility index (Phi) is 7.08. The lowest BCUT2D eigenvalue weighted by molar-refractivity contribution is -0.119. The third-order valence-electron chi connectivity index (χ3n) is 6.39. The summed E-state index contributed by atoms with van der Waals surface area (Å²) in [6, 6.07) is 17.6. The van der Waals surface area contributed by atoms with Crippen molar-refractivity contribution in [3.05, 3.63) is 78.4 Å². The summed E-state index contributed by atoms with van der Waals surface area (Å²) in [6.45, 7) is 1.64. The first-order valence-electron chi connectivity index (χ1n) is 11.8.